The molecule has 2 aromatic heterocycles. The van der Waals surface area contributed by atoms with Crippen molar-refractivity contribution in [3.05, 3.63) is 46.1 Å². The normalized spacial score (nSPS) is 17.1. The number of thiophene rings is 1. The average molecular weight is 407 g/mol. The third-order valence-corrected chi connectivity index (χ3v) is 6.93. The molecule has 1 fully saturated rings. The lowest BCUT2D eigenvalue weighted by Crippen LogP contribution is -3.12. The first-order valence-electron chi connectivity index (χ1n) is 10.3. The summed E-state index contributed by atoms with van der Waals surface area (Å²) < 4.78 is 5.49. The van der Waals surface area contributed by atoms with E-state index in [-0.39, 0.29) is 0 Å². The summed E-state index contributed by atoms with van der Waals surface area (Å²) in [4.78, 5) is 14.0. The second-order valence-electron chi connectivity index (χ2n) is 7.73. The van der Waals surface area contributed by atoms with Crippen LogP contribution in [0.15, 0.2) is 24.3 Å². The van der Waals surface area contributed by atoms with Gasteiger partial charge in [0, 0.05) is 10.6 Å². The van der Waals surface area contributed by atoms with Crippen LogP contribution in [0.25, 0.3) is 10.2 Å². The molecular weight excluding hydrogens is 382 g/mol. The molecule has 0 atom stereocenters. The number of rotatable bonds is 4. The molecule has 2 aliphatic rings. The van der Waals surface area contributed by atoms with Crippen LogP contribution in [0.2, 0.25) is 0 Å². The van der Waals surface area contributed by atoms with Crippen molar-refractivity contribution in [2.75, 3.05) is 31.6 Å². The van der Waals surface area contributed by atoms with Crippen LogP contribution in [0.3, 0.4) is 0 Å². The lowest BCUT2D eigenvalue weighted by atomic mass is 9.97. The Morgan fingerprint density at radius 3 is 2.69 bits per heavy atom. The first-order chi connectivity index (χ1) is 14.3. The number of aryl methyl sites for hydroxylation is 2. The lowest BCUT2D eigenvalue weighted by molar-refractivity contribution is -0.922. The molecule has 3 heterocycles. The predicted octanol–water partition coefficient (Wildman–Crippen LogP) is 2.60. The number of nitriles is 1. The molecular formula is C22H24N5OS+. The van der Waals surface area contributed by atoms with Crippen molar-refractivity contribution in [1.82, 2.24) is 9.97 Å². The number of anilines is 2. The Morgan fingerprint density at radius 1 is 1.10 bits per heavy atom. The topological polar surface area (TPSA) is 75.3 Å². The van der Waals surface area contributed by atoms with Gasteiger partial charge in [-0.05, 0) is 55.5 Å². The van der Waals surface area contributed by atoms with E-state index in [0.29, 0.717) is 5.56 Å². The Hall–Kier alpha value is -2.53. The van der Waals surface area contributed by atoms with E-state index in [9.17, 15) is 0 Å². The zero-order valence-corrected chi connectivity index (χ0v) is 17.1. The Morgan fingerprint density at radius 2 is 1.90 bits per heavy atom. The van der Waals surface area contributed by atoms with Crippen molar-refractivity contribution in [2.45, 2.75) is 32.2 Å². The van der Waals surface area contributed by atoms with Crippen LogP contribution >= 0.6 is 11.3 Å². The van der Waals surface area contributed by atoms with Crippen molar-refractivity contribution in [3.8, 4) is 6.07 Å². The minimum Gasteiger partial charge on any atom is -0.370 e. The number of nitrogens with zero attached hydrogens (tertiary/aromatic N) is 3. The van der Waals surface area contributed by atoms with Gasteiger partial charge in [0.15, 0.2) is 5.82 Å². The van der Waals surface area contributed by atoms with Gasteiger partial charge in [-0.3, -0.25) is 0 Å². The van der Waals surface area contributed by atoms with Gasteiger partial charge in [-0.1, -0.05) is 0 Å². The van der Waals surface area contributed by atoms with Crippen LogP contribution in [0.1, 0.15) is 34.7 Å². The second-order valence-corrected chi connectivity index (χ2v) is 8.82. The standard InChI is InChI=1S/C22H23N5OS/c23-13-15-5-7-16(8-6-15)24-21-20-17-3-1-2-4-18(17)29-22(20)26-19(25-21)14-27-9-11-28-12-10-27/h5-8H,1-4,9-12,14H2,(H,24,25,26)/p+1. The van der Waals surface area contributed by atoms with E-state index < -0.39 is 0 Å². The number of quaternary nitrogens is 1. The monoisotopic (exact) mass is 406 g/mol. The largest absolute Gasteiger partial charge is 0.370 e. The van der Waals surface area contributed by atoms with Crippen LogP contribution in [0, 0.1) is 11.3 Å². The van der Waals surface area contributed by atoms with E-state index in [2.05, 4.69) is 11.4 Å². The van der Waals surface area contributed by atoms with Gasteiger partial charge >= 0.3 is 0 Å². The van der Waals surface area contributed by atoms with E-state index in [0.717, 1.165) is 67.8 Å². The molecule has 29 heavy (non-hydrogen) atoms. The van der Waals surface area contributed by atoms with Gasteiger partial charge in [0.2, 0.25) is 0 Å². The maximum Gasteiger partial charge on any atom is 0.187 e. The summed E-state index contributed by atoms with van der Waals surface area (Å²) in [6.07, 6.45) is 4.75. The van der Waals surface area contributed by atoms with Crippen LogP contribution in [-0.4, -0.2) is 36.3 Å². The number of ether oxygens (including phenoxy) is 1. The number of fused-ring (bicyclic) bond motifs is 3. The van der Waals surface area contributed by atoms with Crippen LogP contribution in [0.5, 0.6) is 0 Å². The third-order valence-electron chi connectivity index (χ3n) is 5.75. The molecule has 1 aliphatic heterocycles. The molecule has 5 rings (SSSR count). The molecule has 0 saturated carbocycles. The lowest BCUT2D eigenvalue weighted by Gasteiger charge is -2.23. The number of nitrogens with one attached hydrogen (secondary N) is 2. The Bertz CT molecular complexity index is 1060. The van der Waals surface area contributed by atoms with Crippen molar-refractivity contribution >= 4 is 33.1 Å². The van der Waals surface area contributed by atoms with E-state index >= 15 is 0 Å². The van der Waals surface area contributed by atoms with Crippen molar-refractivity contribution < 1.29 is 9.64 Å². The maximum absolute atomic E-state index is 9.06. The number of benzene rings is 1. The Labute approximate surface area is 174 Å². The highest BCUT2D eigenvalue weighted by Crippen LogP contribution is 2.39. The fraction of sp³-hybridized carbons (Fsp3) is 0.409. The first kappa shape index (κ1) is 18.5. The number of aromatic nitrogens is 2. The first-order valence-corrected chi connectivity index (χ1v) is 11.1. The van der Waals surface area contributed by atoms with Gasteiger partial charge in [-0.2, -0.15) is 5.26 Å². The van der Waals surface area contributed by atoms with Gasteiger partial charge < -0.3 is 15.0 Å². The van der Waals surface area contributed by atoms with Gasteiger partial charge in [0.25, 0.3) is 0 Å². The van der Waals surface area contributed by atoms with Gasteiger partial charge in [0.1, 0.15) is 30.3 Å². The maximum atomic E-state index is 9.06. The summed E-state index contributed by atoms with van der Waals surface area (Å²) in [5, 5.41) is 13.8. The molecule has 0 amide bonds. The fourth-order valence-corrected chi connectivity index (χ4v) is 5.48. The Balaban J connectivity index is 1.54. The highest BCUT2D eigenvalue weighted by molar-refractivity contribution is 7.19. The van der Waals surface area contributed by atoms with E-state index in [1.165, 1.54) is 33.6 Å². The molecule has 6 nitrogen and oxygen atoms in total. The molecule has 1 saturated heterocycles. The molecule has 148 valence electrons. The molecule has 3 aromatic rings. The quantitative estimate of drug-likeness (QED) is 0.697. The molecule has 0 radical (unpaired) electrons. The number of hydrogen-bond acceptors (Lipinski definition) is 6. The van der Waals surface area contributed by atoms with Gasteiger partial charge in [-0.25, -0.2) is 9.97 Å². The molecule has 0 bridgehead atoms. The van der Waals surface area contributed by atoms with E-state index in [4.69, 9.17) is 20.0 Å². The zero-order valence-electron chi connectivity index (χ0n) is 16.3. The summed E-state index contributed by atoms with van der Waals surface area (Å²) in [5.41, 5.74) is 3.04. The zero-order chi connectivity index (χ0) is 19.6. The summed E-state index contributed by atoms with van der Waals surface area (Å²) in [5.74, 6) is 1.80. The molecule has 1 aliphatic carbocycles. The SMILES string of the molecule is N#Cc1ccc(Nc2nc(C[NH+]3CCOCC3)nc3sc4c(c23)CCCC4)cc1. The summed E-state index contributed by atoms with van der Waals surface area (Å²) in [6, 6.07) is 9.73. The minimum atomic E-state index is 0.660. The molecule has 0 unspecified atom stereocenters. The van der Waals surface area contributed by atoms with E-state index in [1.807, 2.05) is 35.6 Å². The summed E-state index contributed by atoms with van der Waals surface area (Å²) >= 11 is 1.84. The molecule has 0 spiro atoms. The highest BCUT2D eigenvalue weighted by atomic mass is 32.1. The molecule has 2 N–H and O–H groups in total. The smallest absolute Gasteiger partial charge is 0.187 e. The van der Waals surface area contributed by atoms with Crippen LogP contribution in [-0.2, 0) is 24.1 Å². The number of hydrogen-bond donors (Lipinski definition) is 2. The minimum absolute atomic E-state index is 0.660. The fourth-order valence-electron chi connectivity index (χ4n) is 4.20. The van der Waals surface area contributed by atoms with Gasteiger partial charge in [-0.15, -0.1) is 11.3 Å². The molecule has 1 aromatic carbocycles. The van der Waals surface area contributed by atoms with Crippen LogP contribution < -0.4 is 10.2 Å². The van der Waals surface area contributed by atoms with E-state index in [1.54, 1.807) is 0 Å². The second kappa shape index (κ2) is 8.07. The average Bonchev–Trinajstić information content (AvgIpc) is 3.13. The van der Waals surface area contributed by atoms with Crippen molar-refractivity contribution in [2.24, 2.45) is 0 Å². The Kier molecular flexibility index (Phi) is 5.15. The predicted molar refractivity (Wildman–Crippen MR) is 114 cm³/mol. The van der Waals surface area contributed by atoms with Gasteiger partial charge in [0.05, 0.1) is 30.2 Å². The highest BCUT2D eigenvalue weighted by Gasteiger charge is 2.23. The summed E-state index contributed by atoms with van der Waals surface area (Å²) in [6.45, 7) is 4.44. The third kappa shape index (κ3) is 3.84. The van der Waals surface area contributed by atoms with Crippen molar-refractivity contribution in [3.63, 3.8) is 0 Å². The van der Waals surface area contributed by atoms with Crippen LogP contribution in [0.4, 0.5) is 11.5 Å². The summed E-state index contributed by atoms with van der Waals surface area (Å²) in [7, 11) is 0. The molecule has 7 heteroatoms. The van der Waals surface area contributed by atoms with Crippen molar-refractivity contribution in [1.29, 1.82) is 5.26 Å². The number of morpholine rings is 1.